The maximum atomic E-state index is 12.2. The van der Waals surface area contributed by atoms with Crippen molar-refractivity contribution in [1.29, 1.82) is 0 Å². The normalized spacial score (nSPS) is 9.80. The second-order valence-corrected chi connectivity index (χ2v) is 3.94. The molecule has 0 aliphatic rings. The predicted octanol–water partition coefficient (Wildman–Crippen LogP) is 0.869. The van der Waals surface area contributed by atoms with Gasteiger partial charge in [-0.3, -0.25) is 9.59 Å². The van der Waals surface area contributed by atoms with Gasteiger partial charge in [0.05, 0.1) is 26.9 Å². The molecule has 0 spiro atoms. The van der Waals surface area contributed by atoms with Gasteiger partial charge in [0.1, 0.15) is 6.54 Å². The largest absolute Gasteiger partial charge is 0.493 e. The van der Waals surface area contributed by atoms with Crippen LogP contribution in [0, 0.1) is 0 Å². The van der Waals surface area contributed by atoms with Crippen molar-refractivity contribution < 1.29 is 28.9 Å². The number of carbonyl (C=O) groups is 2. The van der Waals surface area contributed by atoms with Gasteiger partial charge in [-0.1, -0.05) is 0 Å². The fourth-order valence-electron chi connectivity index (χ4n) is 1.75. The molecular weight excluding hydrogens is 266 g/mol. The van der Waals surface area contributed by atoms with E-state index >= 15 is 0 Å². The third kappa shape index (κ3) is 3.11. The van der Waals surface area contributed by atoms with Crippen molar-refractivity contribution in [3.05, 3.63) is 17.7 Å². The molecule has 0 aromatic heterocycles. The van der Waals surface area contributed by atoms with Crippen molar-refractivity contribution in [3.63, 3.8) is 0 Å². The van der Waals surface area contributed by atoms with Gasteiger partial charge in [-0.2, -0.15) is 0 Å². The Hall–Kier alpha value is -2.44. The SMILES string of the molecule is COc1ccc(C(=O)N(C)CC(=O)O)c(OC)c1OC. The summed E-state index contributed by atoms with van der Waals surface area (Å²) in [5, 5.41) is 8.72. The Morgan fingerprint density at radius 1 is 1.10 bits per heavy atom. The van der Waals surface area contributed by atoms with Gasteiger partial charge in [0, 0.05) is 7.05 Å². The molecule has 20 heavy (non-hydrogen) atoms. The number of hydrogen-bond acceptors (Lipinski definition) is 5. The highest BCUT2D eigenvalue weighted by Crippen LogP contribution is 2.40. The van der Waals surface area contributed by atoms with E-state index in [4.69, 9.17) is 19.3 Å². The monoisotopic (exact) mass is 283 g/mol. The van der Waals surface area contributed by atoms with Crippen molar-refractivity contribution in [2.45, 2.75) is 0 Å². The molecule has 110 valence electrons. The van der Waals surface area contributed by atoms with Crippen molar-refractivity contribution in [1.82, 2.24) is 4.90 Å². The molecule has 0 aliphatic heterocycles. The summed E-state index contributed by atoms with van der Waals surface area (Å²) < 4.78 is 15.5. The Bertz CT molecular complexity index is 514. The molecule has 0 unspecified atom stereocenters. The topological polar surface area (TPSA) is 85.3 Å². The molecule has 1 aromatic carbocycles. The second kappa shape index (κ2) is 6.65. The summed E-state index contributed by atoms with van der Waals surface area (Å²) >= 11 is 0. The van der Waals surface area contributed by atoms with E-state index in [0.717, 1.165) is 4.90 Å². The Labute approximate surface area is 116 Å². The molecule has 0 fully saturated rings. The van der Waals surface area contributed by atoms with E-state index in [0.29, 0.717) is 5.75 Å². The minimum absolute atomic E-state index is 0.203. The molecule has 1 aromatic rings. The summed E-state index contributed by atoms with van der Waals surface area (Å²) in [5.74, 6) is -0.675. The van der Waals surface area contributed by atoms with Crippen LogP contribution in [-0.2, 0) is 4.79 Å². The molecular formula is C13H17NO6. The summed E-state index contributed by atoms with van der Waals surface area (Å²) in [6.07, 6.45) is 0. The number of carbonyl (C=O) groups excluding carboxylic acids is 1. The Balaban J connectivity index is 3.24. The van der Waals surface area contributed by atoms with E-state index in [1.54, 1.807) is 6.07 Å². The first kappa shape index (κ1) is 15.6. The van der Waals surface area contributed by atoms with E-state index in [1.165, 1.54) is 34.4 Å². The van der Waals surface area contributed by atoms with Crippen LogP contribution in [0.2, 0.25) is 0 Å². The van der Waals surface area contributed by atoms with E-state index in [1.807, 2.05) is 0 Å². The van der Waals surface area contributed by atoms with Crippen LogP contribution in [0.4, 0.5) is 0 Å². The minimum Gasteiger partial charge on any atom is -0.493 e. The summed E-state index contributed by atoms with van der Waals surface area (Å²) in [4.78, 5) is 23.9. The lowest BCUT2D eigenvalue weighted by Crippen LogP contribution is -2.32. The summed E-state index contributed by atoms with van der Waals surface area (Å²) in [6, 6.07) is 3.06. The van der Waals surface area contributed by atoms with Crippen LogP contribution in [0.3, 0.4) is 0 Å². The first-order valence-corrected chi connectivity index (χ1v) is 5.72. The van der Waals surface area contributed by atoms with Crippen LogP contribution >= 0.6 is 0 Å². The van der Waals surface area contributed by atoms with Gasteiger partial charge >= 0.3 is 5.97 Å². The summed E-state index contributed by atoms with van der Waals surface area (Å²) in [6.45, 7) is -0.406. The quantitative estimate of drug-likeness (QED) is 0.833. The Morgan fingerprint density at radius 3 is 2.15 bits per heavy atom. The van der Waals surface area contributed by atoms with Gasteiger partial charge in [-0.15, -0.1) is 0 Å². The maximum absolute atomic E-state index is 12.2. The Morgan fingerprint density at radius 2 is 1.70 bits per heavy atom. The van der Waals surface area contributed by atoms with Gasteiger partial charge in [0.2, 0.25) is 5.75 Å². The maximum Gasteiger partial charge on any atom is 0.323 e. The molecule has 1 amide bonds. The van der Waals surface area contributed by atoms with E-state index in [2.05, 4.69) is 0 Å². The average Bonchev–Trinajstić information content (AvgIpc) is 2.43. The van der Waals surface area contributed by atoms with Crippen LogP contribution in [0.1, 0.15) is 10.4 Å². The zero-order chi connectivity index (χ0) is 15.3. The highest BCUT2D eigenvalue weighted by atomic mass is 16.5. The van der Waals surface area contributed by atoms with E-state index in [-0.39, 0.29) is 17.1 Å². The smallest absolute Gasteiger partial charge is 0.323 e. The second-order valence-electron chi connectivity index (χ2n) is 3.94. The zero-order valence-electron chi connectivity index (χ0n) is 11.8. The van der Waals surface area contributed by atoms with Crippen LogP contribution in [0.5, 0.6) is 17.2 Å². The molecule has 0 atom stereocenters. The first-order valence-electron chi connectivity index (χ1n) is 5.72. The van der Waals surface area contributed by atoms with Gasteiger partial charge in [-0.25, -0.2) is 0 Å². The summed E-state index contributed by atoms with van der Waals surface area (Å²) in [5.41, 5.74) is 0.203. The van der Waals surface area contributed by atoms with Crippen LogP contribution in [0.15, 0.2) is 12.1 Å². The number of amides is 1. The highest BCUT2D eigenvalue weighted by Gasteiger charge is 2.23. The molecule has 1 N–H and O–H groups in total. The molecule has 0 saturated carbocycles. The third-order valence-electron chi connectivity index (χ3n) is 2.65. The molecule has 0 heterocycles. The van der Waals surface area contributed by atoms with Crippen LogP contribution in [0.25, 0.3) is 0 Å². The number of carboxylic acids is 1. The summed E-state index contributed by atoms with van der Waals surface area (Å²) in [7, 11) is 5.68. The van der Waals surface area contributed by atoms with Gasteiger partial charge in [0.15, 0.2) is 11.5 Å². The Kier molecular flexibility index (Phi) is 5.19. The molecule has 0 bridgehead atoms. The molecule has 0 radical (unpaired) electrons. The number of carboxylic acid groups (broad SMARTS) is 1. The highest BCUT2D eigenvalue weighted by molar-refractivity contribution is 5.99. The number of hydrogen-bond donors (Lipinski definition) is 1. The van der Waals surface area contributed by atoms with E-state index in [9.17, 15) is 9.59 Å². The fourth-order valence-corrected chi connectivity index (χ4v) is 1.75. The number of methoxy groups -OCH3 is 3. The van der Waals surface area contributed by atoms with Crippen molar-refractivity contribution in [3.8, 4) is 17.2 Å². The van der Waals surface area contributed by atoms with Gasteiger partial charge in [-0.05, 0) is 12.1 Å². The molecule has 0 aliphatic carbocycles. The number of aliphatic carboxylic acids is 1. The molecule has 7 heteroatoms. The lowest BCUT2D eigenvalue weighted by molar-refractivity contribution is -0.137. The van der Waals surface area contributed by atoms with Crippen LogP contribution in [-0.4, -0.2) is 56.8 Å². The lowest BCUT2D eigenvalue weighted by Gasteiger charge is -2.19. The van der Waals surface area contributed by atoms with E-state index < -0.39 is 18.4 Å². The van der Waals surface area contributed by atoms with Crippen molar-refractivity contribution in [2.24, 2.45) is 0 Å². The van der Waals surface area contributed by atoms with Gasteiger partial charge < -0.3 is 24.2 Å². The number of nitrogens with zero attached hydrogens (tertiary/aromatic N) is 1. The third-order valence-corrected chi connectivity index (χ3v) is 2.65. The number of likely N-dealkylation sites (N-methyl/N-ethyl adjacent to an activating group) is 1. The first-order chi connectivity index (χ1) is 9.46. The number of ether oxygens (including phenoxy) is 3. The predicted molar refractivity (Wildman–Crippen MR) is 70.7 cm³/mol. The lowest BCUT2D eigenvalue weighted by atomic mass is 10.1. The fraction of sp³-hybridized carbons (Fsp3) is 0.385. The minimum atomic E-state index is -1.10. The molecule has 1 rings (SSSR count). The van der Waals surface area contributed by atoms with Gasteiger partial charge in [0.25, 0.3) is 5.91 Å². The average molecular weight is 283 g/mol. The number of benzene rings is 1. The molecule has 7 nitrogen and oxygen atoms in total. The van der Waals surface area contributed by atoms with Crippen molar-refractivity contribution >= 4 is 11.9 Å². The van der Waals surface area contributed by atoms with Crippen LogP contribution < -0.4 is 14.2 Å². The standard InChI is InChI=1S/C13H17NO6/c1-14(7-10(15)16)13(17)8-5-6-9(18-2)12(20-4)11(8)19-3/h5-6H,7H2,1-4H3,(H,15,16). The zero-order valence-corrected chi connectivity index (χ0v) is 11.8. The molecule has 0 saturated heterocycles. The van der Waals surface area contributed by atoms with Crippen molar-refractivity contribution in [2.75, 3.05) is 34.9 Å². The number of rotatable bonds is 6.